The Hall–Kier alpha value is -2.81. The molecule has 0 saturated heterocycles. The number of nitriles is 1. The van der Waals surface area contributed by atoms with E-state index < -0.39 is 5.78 Å². The molecule has 1 heterocycles. The summed E-state index contributed by atoms with van der Waals surface area (Å²) in [6.45, 7) is 7.87. The van der Waals surface area contributed by atoms with Crippen LogP contribution in [0.1, 0.15) is 27.7 Å². The first-order valence-electron chi connectivity index (χ1n) is 7.30. The van der Waals surface area contributed by atoms with Gasteiger partial charge in [-0.1, -0.05) is 39.0 Å². The van der Waals surface area contributed by atoms with Crippen molar-refractivity contribution in [2.24, 2.45) is 26.6 Å². The Bertz CT molecular complexity index is 732. The largest absolute Gasteiger partial charge is 0.284 e. The minimum Gasteiger partial charge on any atom is -0.284 e. The third kappa shape index (κ3) is 3.69. The van der Waals surface area contributed by atoms with Crippen LogP contribution in [0.4, 0.5) is 5.69 Å². The first kappa shape index (κ1) is 16.6. The average Bonchev–Trinajstić information content (AvgIpc) is 2.90. The summed E-state index contributed by atoms with van der Waals surface area (Å²) >= 11 is 0. The SMILES string of the molecule is CC1=NN=C(C(=O)/C(C#N)=N/Nc2ccccc2)C1C(C)(C)C. The van der Waals surface area contributed by atoms with Gasteiger partial charge in [0.25, 0.3) is 0 Å². The van der Waals surface area contributed by atoms with Gasteiger partial charge in [0, 0.05) is 5.71 Å². The van der Waals surface area contributed by atoms with Crippen LogP contribution in [0.15, 0.2) is 45.6 Å². The number of anilines is 1. The molecule has 0 fully saturated rings. The summed E-state index contributed by atoms with van der Waals surface area (Å²) in [6.07, 6.45) is 0. The maximum atomic E-state index is 12.6. The molecule has 0 saturated carbocycles. The zero-order valence-corrected chi connectivity index (χ0v) is 13.7. The van der Waals surface area contributed by atoms with Crippen LogP contribution in [0, 0.1) is 22.7 Å². The summed E-state index contributed by atoms with van der Waals surface area (Å²) in [5.41, 5.74) is 4.01. The summed E-state index contributed by atoms with van der Waals surface area (Å²) in [5, 5.41) is 21.2. The predicted octanol–water partition coefficient (Wildman–Crippen LogP) is 3.04. The molecule has 1 atom stereocenters. The number of Topliss-reactive ketones (excluding diaryl/α,β-unsaturated/α-hetero) is 1. The smallest absolute Gasteiger partial charge is 0.240 e. The third-order valence-corrected chi connectivity index (χ3v) is 3.50. The summed E-state index contributed by atoms with van der Waals surface area (Å²) in [4.78, 5) is 12.6. The van der Waals surface area contributed by atoms with Crippen molar-refractivity contribution in [1.82, 2.24) is 0 Å². The number of carbonyl (C=O) groups is 1. The van der Waals surface area contributed by atoms with Crippen molar-refractivity contribution in [2.45, 2.75) is 27.7 Å². The Kier molecular flexibility index (Phi) is 4.70. The van der Waals surface area contributed by atoms with E-state index in [1.165, 1.54) is 0 Å². The molecular weight excluding hydrogens is 290 g/mol. The molecule has 1 aromatic carbocycles. The Labute approximate surface area is 135 Å². The lowest BCUT2D eigenvalue weighted by molar-refractivity contribution is -0.107. The quantitative estimate of drug-likeness (QED) is 0.684. The number of nitrogens with zero attached hydrogens (tertiary/aromatic N) is 4. The third-order valence-electron chi connectivity index (χ3n) is 3.50. The van der Waals surface area contributed by atoms with E-state index in [9.17, 15) is 10.1 Å². The van der Waals surface area contributed by atoms with Gasteiger partial charge in [0.15, 0.2) is 0 Å². The van der Waals surface area contributed by atoms with Crippen molar-refractivity contribution in [3.63, 3.8) is 0 Å². The minimum absolute atomic E-state index is 0.216. The zero-order valence-electron chi connectivity index (χ0n) is 13.7. The predicted molar refractivity (Wildman–Crippen MR) is 91.6 cm³/mol. The summed E-state index contributed by atoms with van der Waals surface area (Å²) in [7, 11) is 0. The zero-order chi connectivity index (χ0) is 17.0. The number of rotatable bonds is 4. The number of para-hydroxylation sites is 1. The van der Waals surface area contributed by atoms with Gasteiger partial charge in [0.05, 0.1) is 11.6 Å². The van der Waals surface area contributed by atoms with Crippen molar-refractivity contribution < 1.29 is 4.79 Å². The highest BCUT2D eigenvalue weighted by Crippen LogP contribution is 2.32. The molecule has 1 aliphatic heterocycles. The van der Waals surface area contributed by atoms with E-state index in [0.717, 1.165) is 5.71 Å². The summed E-state index contributed by atoms with van der Waals surface area (Å²) < 4.78 is 0. The second kappa shape index (κ2) is 6.53. The molecule has 0 bridgehead atoms. The molecule has 6 heteroatoms. The van der Waals surface area contributed by atoms with Gasteiger partial charge in [-0.3, -0.25) is 10.2 Å². The maximum absolute atomic E-state index is 12.6. The number of carbonyl (C=O) groups excluding carboxylic acids is 1. The van der Waals surface area contributed by atoms with Crippen LogP contribution in [-0.4, -0.2) is 22.9 Å². The van der Waals surface area contributed by atoms with Crippen LogP contribution in [0.2, 0.25) is 0 Å². The molecule has 118 valence electrons. The van der Waals surface area contributed by atoms with Crippen LogP contribution in [-0.2, 0) is 4.79 Å². The number of hydrogen-bond acceptors (Lipinski definition) is 6. The van der Waals surface area contributed by atoms with E-state index in [2.05, 4.69) is 20.7 Å². The Morgan fingerprint density at radius 3 is 2.48 bits per heavy atom. The number of ketones is 1. The van der Waals surface area contributed by atoms with Crippen molar-refractivity contribution >= 4 is 28.6 Å². The van der Waals surface area contributed by atoms with Crippen molar-refractivity contribution in [3.8, 4) is 6.07 Å². The standard InChI is InChI=1S/C17H19N5O/c1-11-14(17(2,3)4)15(22-19-11)16(23)13(10-18)21-20-12-8-6-5-7-9-12/h5-9,14,20H,1-4H3/b21-13+. The molecule has 6 nitrogen and oxygen atoms in total. The van der Waals surface area contributed by atoms with Gasteiger partial charge in [-0.05, 0) is 24.5 Å². The van der Waals surface area contributed by atoms with Gasteiger partial charge in [-0.25, -0.2) is 0 Å². The molecule has 1 N–H and O–H groups in total. The van der Waals surface area contributed by atoms with Crippen LogP contribution < -0.4 is 5.43 Å². The fourth-order valence-electron chi connectivity index (χ4n) is 2.54. The second-order valence-electron chi connectivity index (χ2n) is 6.40. The molecule has 0 aromatic heterocycles. The number of hydrazone groups is 1. The molecule has 23 heavy (non-hydrogen) atoms. The molecule has 0 amide bonds. The van der Waals surface area contributed by atoms with Gasteiger partial charge in [-0.15, -0.1) is 0 Å². The number of hydrogen-bond donors (Lipinski definition) is 1. The fraction of sp³-hybridized carbons (Fsp3) is 0.353. The molecular formula is C17H19N5O. The van der Waals surface area contributed by atoms with E-state index >= 15 is 0 Å². The Morgan fingerprint density at radius 1 is 1.26 bits per heavy atom. The van der Waals surface area contributed by atoms with Gasteiger partial charge in [0.2, 0.25) is 11.5 Å². The van der Waals surface area contributed by atoms with Crippen LogP contribution >= 0.6 is 0 Å². The van der Waals surface area contributed by atoms with E-state index in [-0.39, 0.29) is 22.8 Å². The number of nitrogens with one attached hydrogen (secondary N) is 1. The van der Waals surface area contributed by atoms with Crippen molar-refractivity contribution in [1.29, 1.82) is 5.26 Å². The van der Waals surface area contributed by atoms with Crippen LogP contribution in [0.25, 0.3) is 0 Å². The highest BCUT2D eigenvalue weighted by atomic mass is 16.1. The number of benzene rings is 1. The lowest BCUT2D eigenvalue weighted by Gasteiger charge is -2.27. The fourth-order valence-corrected chi connectivity index (χ4v) is 2.54. The highest BCUT2D eigenvalue weighted by molar-refractivity contribution is 6.71. The minimum atomic E-state index is -0.489. The van der Waals surface area contributed by atoms with Gasteiger partial charge >= 0.3 is 0 Å². The average molecular weight is 309 g/mol. The topological polar surface area (TPSA) is 90.0 Å². The molecule has 1 aromatic rings. The molecule has 2 rings (SSSR count). The summed E-state index contributed by atoms with van der Waals surface area (Å²) in [6, 6.07) is 11.0. The van der Waals surface area contributed by atoms with Gasteiger partial charge < -0.3 is 0 Å². The molecule has 1 unspecified atom stereocenters. The van der Waals surface area contributed by atoms with E-state index in [0.29, 0.717) is 5.69 Å². The van der Waals surface area contributed by atoms with Crippen LogP contribution in [0.5, 0.6) is 0 Å². The first-order valence-corrected chi connectivity index (χ1v) is 7.30. The normalized spacial score (nSPS) is 18.0. The van der Waals surface area contributed by atoms with Gasteiger partial charge in [-0.2, -0.15) is 20.6 Å². The Morgan fingerprint density at radius 2 is 1.91 bits per heavy atom. The summed E-state index contributed by atoms with van der Waals surface area (Å²) in [5.74, 6) is -0.707. The molecule has 0 spiro atoms. The molecule has 0 aliphatic carbocycles. The maximum Gasteiger partial charge on any atom is 0.240 e. The molecule has 0 radical (unpaired) electrons. The van der Waals surface area contributed by atoms with Gasteiger partial charge in [0.1, 0.15) is 11.8 Å². The van der Waals surface area contributed by atoms with E-state index in [1.807, 2.05) is 52.0 Å². The van der Waals surface area contributed by atoms with Crippen molar-refractivity contribution in [2.75, 3.05) is 5.43 Å². The second-order valence-corrected chi connectivity index (χ2v) is 6.40. The van der Waals surface area contributed by atoms with E-state index in [1.54, 1.807) is 12.1 Å². The van der Waals surface area contributed by atoms with Crippen molar-refractivity contribution in [3.05, 3.63) is 30.3 Å². The first-order chi connectivity index (χ1) is 10.8. The van der Waals surface area contributed by atoms with E-state index in [4.69, 9.17) is 0 Å². The lowest BCUT2D eigenvalue weighted by Crippen LogP contribution is -2.38. The molecule has 1 aliphatic rings. The lowest BCUT2D eigenvalue weighted by atomic mass is 9.74. The Balaban J connectivity index is 2.23. The monoisotopic (exact) mass is 309 g/mol. The highest BCUT2D eigenvalue weighted by Gasteiger charge is 2.39. The van der Waals surface area contributed by atoms with Crippen LogP contribution in [0.3, 0.4) is 0 Å².